The molecule has 1 amide bonds. The van der Waals surface area contributed by atoms with Gasteiger partial charge in [-0.1, -0.05) is 17.3 Å². The number of halogens is 3. The lowest BCUT2D eigenvalue weighted by molar-refractivity contribution is -0.274. The number of ether oxygens (including phenoxy) is 2. The number of amides is 1. The van der Waals surface area contributed by atoms with E-state index < -0.39 is 18.4 Å². The number of aliphatic hydroxyl groups excluding tert-OH is 1. The molecular formula is C18H16F3N3O5. The number of carbonyl (C=O) groups excluding carboxylic acids is 1. The van der Waals surface area contributed by atoms with Crippen LogP contribution in [0.5, 0.6) is 11.5 Å². The van der Waals surface area contributed by atoms with Crippen molar-refractivity contribution in [2.24, 2.45) is 5.16 Å². The van der Waals surface area contributed by atoms with Crippen molar-refractivity contribution in [1.82, 2.24) is 10.3 Å². The van der Waals surface area contributed by atoms with E-state index in [0.717, 1.165) is 0 Å². The van der Waals surface area contributed by atoms with Crippen molar-refractivity contribution in [3.63, 3.8) is 0 Å². The van der Waals surface area contributed by atoms with Gasteiger partial charge in [0.15, 0.2) is 6.10 Å². The third kappa shape index (κ3) is 5.82. The van der Waals surface area contributed by atoms with Gasteiger partial charge in [0.1, 0.15) is 17.2 Å². The summed E-state index contributed by atoms with van der Waals surface area (Å²) < 4.78 is 46.0. The van der Waals surface area contributed by atoms with E-state index >= 15 is 0 Å². The van der Waals surface area contributed by atoms with E-state index in [0.29, 0.717) is 11.3 Å². The lowest BCUT2D eigenvalue weighted by atomic mass is 10.1. The molecule has 1 atom stereocenters. The molecule has 0 fully saturated rings. The highest BCUT2D eigenvalue weighted by molar-refractivity contribution is 5.92. The van der Waals surface area contributed by atoms with Gasteiger partial charge in [0, 0.05) is 6.54 Å². The molecule has 0 unspecified atom stereocenters. The van der Waals surface area contributed by atoms with Crippen LogP contribution in [-0.2, 0) is 4.84 Å². The number of alkyl halides is 3. The number of nitrogens with zero attached hydrogens (tertiary/aromatic N) is 2. The fourth-order valence-corrected chi connectivity index (χ4v) is 2.45. The number of nitrogens with one attached hydrogen (secondary N) is 1. The standard InChI is InChI=1S/C18H16F3N3O5/c19-18(20,21)28-12-3-1-11(2-4-12)15-9-16(24-29-15)27-13-5-6-14(23-10-13)17(26)22-7-8-25/h1-6,10,15,25H,7-9H2,(H,22,26)/t15-/m1/s1. The topological polar surface area (TPSA) is 102 Å². The molecule has 0 saturated heterocycles. The smallest absolute Gasteiger partial charge is 0.438 e. The van der Waals surface area contributed by atoms with Crippen molar-refractivity contribution in [1.29, 1.82) is 0 Å². The SMILES string of the molecule is O=C(NCCO)c1ccc(OC2=NO[C@@H](c3ccc(OC(F)(F)F)cc3)C2)cn1. The van der Waals surface area contributed by atoms with Crippen LogP contribution in [0.1, 0.15) is 28.6 Å². The molecule has 1 aromatic heterocycles. The van der Waals surface area contributed by atoms with Crippen LogP contribution in [0.3, 0.4) is 0 Å². The molecule has 154 valence electrons. The average Bonchev–Trinajstić information content (AvgIpc) is 3.14. The minimum absolute atomic E-state index is 0.123. The van der Waals surface area contributed by atoms with Crippen molar-refractivity contribution < 1.29 is 37.4 Å². The second-order valence-corrected chi connectivity index (χ2v) is 5.86. The van der Waals surface area contributed by atoms with Gasteiger partial charge in [0.05, 0.1) is 19.2 Å². The Morgan fingerprint density at radius 1 is 1.21 bits per heavy atom. The molecule has 2 heterocycles. The fourth-order valence-electron chi connectivity index (χ4n) is 2.45. The number of benzene rings is 1. The molecule has 3 rings (SSSR count). The van der Waals surface area contributed by atoms with Gasteiger partial charge in [-0.2, -0.15) is 0 Å². The highest BCUT2D eigenvalue weighted by atomic mass is 19.4. The van der Waals surface area contributed by atoms with Crippen molar-refractivity contribution in [3.8, 4) is 11.5 Å². The summed E-state index contributed by atoms with van der Waals surface area (Å²) in [6.07, 6.45) is -3.66. The lowest BCUT2D eigenvalue weighted by Gasteiger charge is -2.11. The zero-order chi connectivity index (χ0) is 20.9. The summed E-state index contributed by atoms with van der Waals surface area (Å²) in [7, 11) is 0. The maximum absolute atomic E-state index is 12.2. The van der Waals surface area contributed by atoms with E-state index in [1.807, 2.05) is 0 Å². The van der Waals surface area contributed by atoms with Crippen LogP contribution in [0.4, 0.5) is 13.2 Å². The van der Waals surface area contributed by atoms with E-state index in [9.17, 15) is 18.0 Å². The van der Waals surface area contributed by atoms with Crippen LogP contribution in [0, 0.1) is 0 Å². The molecule has 8 nitrogen and oxygen atoms in total. The Bertz CT molecular complexity index is 870. The highest BCUT2D eigenvalue weighted by Gasteiger charge is 2.31. The van der Waals surface area contributed by atoms with Crippen LogP contribution in [-0.4, -0.2) is 41.4 Å². The normalized spacial score (nSPS) is 16.0. The number of hydrogen-bond donors (Lipinski definition) is 2. The Morgan fingerprint density at radius 2 is 1.93 bits per heavy atom. The first kappa shape index (κ1) is 20.4. The van der Waals surface area contributed by atoms with E-state index in [1.165, 1.54) is 42.6 Å². The summed E-state index contributed by atoms with van der Waals surface area (Å²) in [6.45, 7) is -0.0520. The Labute approximate surface area is 162 Å². The predicted octanol–water partition coefficient (Wildman–Crippen LogP) is 2.56. The summed E-state index contributed by atoms with van der Waals surface area (Å²) in [5, 5.41) is 15.0. The summed E-state index contributed by atoms with van der Waals surface area (Å²) in [6, 6.07) is 8.26. The van der Waals surface area contributed by atoms with Crippen LogP contribution < -0.4 is 14.8 Å². The van der Waals surface area contributed by atoms with E-state index in [1.54, 1.807) is 0 Å². The van der Waals surface area contributed by atoms with Crippen LogP contribution >= 0.6 is 0 Å². The third-order valence-corrected chi connectivity index (χ3v) is 3.73. The number of aliphatic hydroxyl groups is 1. The van der Waals surface area contributed by atoms with Gasteiger partial charge in [-0.15, -0.1) is 13.2 Å². The number of rotatable bonds is 6. The largest absolute Gasteiger partial charge is 0.573 e. The van der Waals surface area contributed by atoms with Crippen LogP contribution in [0.15, 0.2) is 47.8 Å². The average molecular weight is 411 g/mol. The Balaban J connectivity index is 1.54. The van der Waals surface area contributed by atoms with E-state index in [2.05, 4.69) is 20.2 Å². The zero-order valence-electron chi connectivity index (χ0n) is 14.8. The van der Waals surface area contributed by atoms with Gasteiger partial charge < -0.3 is 24.7 Å². The molecule has 0 saturated carbocycles. The van der Waals surface area contributed by atoms with Crippen LogP contribution in [0.2, 0.25) is 0 Å². The molecule has 0 bridgehead atoms. The molecule has 2 aromatic rings. The zero-order valence-corrected chi connectivity index (χ0v) is 14.8. The Hall–Kier alpha value is -3.34. The van der Waals surface area contributed by atoms with Crippen molar-refractivity contribution >= 4 is 11.8 Å². The number of oxime groups is 1. The highest BCUT2D eigenvalue weighted by Crippen LogP contribution is 2.30. The Morgan fingerprint density at radius 3 is 2.55 bits per heavy atom. The number of hydrogen-bond acceptors (Lipinski definition) is 7. The second kappa shape index (κ2) is 8.78. The number of carbonyl (C=O) groups is 1. The van der Waals surface area contributed by atoms with Gasteiger partial charge >= 0.3 is 6.36 Å². The first-order valence-corrected chi connectivity index (χ1v) is 8.45. The van der Waals surface area contributed by atoms with Gasteiger partial charge in [0.25, 0.3) is 5.91 Å². The number of pyridine rings is 1. The maximum atomic E-state index is 12.2. The fraction of sp³-hybridized carbons (Fsp3) is 0.278. The molecule has 1 aliphatic heterocycles. The molecule has 1 aliphatic rings. The molecule has 0 aliphatic carbocycles. The summed E-state index contributed by atoms with van der Waals surface area (Å²) >= 11 is 0. The second-order valence-electron chi connectivity index (χ2n) is 5.86. The van der Waals surface area contributed by atoms with Gasteiger partial charge in [-0.25, -0.2) is 4.98 Å². The van der Waals surface area contributed by atoms with Gasteiger partial charge in [-0.3, -0.25) is 4.79 Å². The molecular weight excluding hydrogens is 395 g/mol. The summed E-state index contributed by atoms with van der Waals surface area (Å²) in [5.74, 6) is -0.165. The first-order valence-electron chi connectivity index (χ1n) is 8.45. The first-order chi connectivity index (χ1) is 13.8. The van der Waals surface area contributed by atoms with Crippen molar-refractivity contribution in [3.05, 3.63) is 53.9 Å². The van der Waals surface area contributed by atoms with Crippen molar-refractivity contribution in [2.75, 3.05) is 13.2 Å². The minimum Gasteiger partial charge on any atom is -0.438 e. The van der Waals surface area contributed by atoms with Gasteiger partial charge in [0.2, 0.25) is 5.90 Å². The van der Waals surface area contributed by atoms with Crippen LogP contribution in [0.25, 0.3) is 0 Å². The quantitative estimate of drug-likeness (QED) is 0.758. The molecule has 0 spiro atoms. The van der Waals surface area contributed by atoms with Crippen molar-refractivity contribution in [2.45, 2.75) is 18.9 Å². The third-order valence-electron chi connectivity index (χ3n) is 3.73. The minimum atomic E-state index is -4.75. The summed E-state index contributed by atoms with van der Waals surface area (Å²) in [4.78, 5) is 21.0. The summed E-state index contributed by atoms with van der Waals surface area (Å²) in [5.41, 5.74) is 0.769. The molecule has 29 heavy (non-hydrogen) atoms. The molecule has 2 N–H and O–H groups in total. The monoisotopic (exact) mass is 411 g/mol. The lowest BCUT2D eigenvalue weighted by Crippen LogP contribution is -2.27. The van der Waals surface area contributed by atoms with E-state index in [4.69, 9.17) is 14.7 Å². The molecule has 1 aromatic carbocycles. The van der Waals surface area contributed by atoms with E-state index in [-0.39, 0.29) is 36.9 Å². The number of aromatic nitrogens is 1. The molecule has 0 radical (unpaired) electrons. The predicted molar refractivity (Wildman–Crippen MR) is 93.3 cm³/mol. The Kier molecular flexibility index (Phi) is 6.17. The maximum Gasteiger partial charge on any atom is 0.573 e. The van der Waals surface area contributed by atoms with Gasteiger partial charge in [-0.05, 0) is 29.8 Å². The molecule has 11 heteroatoms.